The molecule has 124 valence electrons. The molecule has 5 heteroatoms. The highest BCUT2D eigenvalue weighted by atomic mass is 79.9. The third-order valence-corrected chi connectivity index (χ3v) is 4.67. The molecule has 0 aromatic heterocycles. The van der Waals surface area contributed by atoms with Crippen molar-refractivity contribution in [2.24, 2.45) is 5.10 Å². The maximum Gasteiger partial charge on any atom is 0.245 e. The van der Waals surface area contributed by atoms with E-state index in [1.54, 1.807) is 0 Å². The third-order valence-electron chi connectivity index (χ3n) is 4.14. The van der Waals surface area contributed by atoms with E-state index in [0.717, 1.165) is 15.7 Å². The van der Waals surface area contributed by atoms with E-state index >= 15 is 0 Å². The Morgan fingerprint density at radius 1 is 1.21 bits per heavy atom. The van der Waals surface area contributed by atoms with Crippen molar-refractivity contribution in [3.8, 4) is 0 Å². The van der Waals surface area contributed by atoms with E-state index in [0.29, 0.717) is 24.8 Å². The molecule has 2 aromatic rings. The number of nitrogens with zero attached hydrogens (tertiary/aromatic N) is 2. The monoisotopic (exact) mass is 386 g/mol. The molecule has 24 heavy (non-hydrogen) atoms. The molecule has 3 rings (SSSR count). The highest BCUT2D eigenvalue weighted by molar-refractivity contribution is 9.10. The second-order valence-electron chi connectivity index (χ2n) is 6.03. The van der Waals surface area contributed by atoms with E-state index in [2.05, 4.69) is 21.0 Å². The Labute approximate surface area is 149 Å². The lowest BCUT2D eigenvalue weighted by atomic mass is 9.97. The van der Waals surface area contributed by atoms with Crippen LogP contribution in [0.5, 0.6) is 0 Å². The Morgan fingerprint density at radius 2 is 1.88 bits per heavy atom. The van der Waals surface area contributed by atoms with Crippen LogP contribution in [-0.4, -0.2) is 21.7 Å². The predicted octanol–water partition coefficient (Wildman–Crippen LogP) is 3.84. The first-order chi connectivity index (χ1) is 11.5. The van der Waals surface area contributed by atoms with Gasteiger partial charge in [-0.2, -0.15) is 10.1 Å². The molecule has 1 atom stereocenters. The predicted molar refractivity (Wildman–Crippen MR) is 97.4 cm³/mol. The quantitative estimate of drug-likeness (QED) is 0.867. The van der Waals surface area contributed by atoms with Gasteiger partial charge in [-0.3, -0.25) is 4.79 Å². The standard InChI is InChI=1S/C19H19BrN2O2/c1-14-13-19(24,16-8-10-17(20)11-9-16)22(21-14)18(23)12-7-15-5-3-2-4-6-15/h2-6,8-11,24H,7,12-13H2,1H3/t19-/m1/s1. The van der Waals surface area contributed by atoms with E-state index in [9.17, 15) is 9.90 Å². The van der Waals surface area contributed by atoms with Crippen LogP contribution in [0.4, 0.5) is 0 Å². The summed E-state index contributed by atoms with van der Waals surface area (Å²) in [6, 6.07) is 17.2. The average Bonchev–Trinajstić information content (AvgIpc) is 2.90. The van der Waals surface area contributed by atoms with E-state index in [-0.39, 0.29) is 5.91 Å². The summed E-state index contributed by atoms with van der Waals surface area (Å²) in [6.07, 6.45) is 1.26. The van der Waals surface area contributed by atoms with Gasteiger partial charge >= 0.3 is 0 Å². The number of hydrogen-bond acceptors (Lipinski definition) is 3. The van der Waals surface area contributed by atoms with Crippen LogP contribution in [0.2, 0.25) is 0 Å². The molecular weight excluding hydrogens is 368 g/mol. The van der Waals surface area contributed by atoms with Gasteiger partial charge in [-0.1, -0.05) is 58.4 Å². The molecule has 0 aliphatic carbocycles. The molecule has 0 bridgehead atoms. The van der Waals surface area contributed by atoms with Crippen molar-refractivity contribution in [3.63, 3.8) is 0 Å². The lowest BCUT2D eigenvalue weighted by Crippen LogP contribution is -2.43. The highest BCUT2D eigenvalue weighted by Gasteiger charge is 2.44. The Hall–Kier alpha value is -1.98. The van der Waals surface area contributed by atoms with Crippen LogP contribution >= 0.6 is 15.9 Å². The molecule has 1 aliphatic rings. The first kappa shape index (κ1) is 16.9. The van der Waals surface area contributed by atoms with Gasteiger partial charge in [0.1, 0.15) is 0 Å². The number of benzene rings is 2. The van der Waals surface area contributed by atoms with Crippen molar-refractivity contribution >= 4 is 27.5 Å². The second-order valence-corrected chi connectivity index (χ2v) is 6.94. The topological polar surface area (TPSA) is 52.9 Å². The van der Waals surface area contributed by atoms with Gasteiger partial charge in [0.25, 0.3) is 0 Å². The number of rotatable bonds is 4. The van der Waals surface area contributed by atoms with Gasteiger partial charge in [0.05, 0.1) is 0 Å². The zero-order valence-electron chi connectivity index (χ0n) is 13.4. The Kier molecular flexibility index (Phi) is 4.83. The van der Waals surface area contributed by atoms with Crippen LogP contribution in [-0.2, 0) is 16.9 Å². The summed E-state index contributed by atoms with van der Waals surface area (Å²) in [5.74, 6) is -0.180. The molecule has 0 saturated heterocycles. The summed E-state index contributed by atoms with van der Waals surface area (Å²) in [5.41, 5.74) is 1.10. The zero-order valence-corrected chi connectivity index (χ0v) is 15.0. The summed E-state index contributed by atoms with van der Waals surface area (Å²) < 4.78 is 0.924. The lowest BCUT2D eigenvalue weighted by Gasteiger charge is -2.31. The van der Waals surface area contributed by atoms with Crippen molar-refractivity contribution in [1.82, 2.24) is 5.01 Å². The molecule has 0 spiro atoms. The second kappa shape index (κ2) is 6.87. The third kappa shape index (κ3) is 3.42. The average molecular weight is 387 g/mol. The van der Waals surface area contributed by atoms with Crippen LogP contribution in [0.1, 0.15) is 30.9 Å². The Morgan fingerprint density at radius 3 is 2.54 bits per heavy atom. The van der Waals surface area contributed by atoms with E-state index in [1.807, 2.05) is 61.5 Å². The summed E-state index contributed by atoms with van der Waals surface area (Å²) in [4.78, 5) is 12.7. The van der Waals surface area contributed by atoms with Gasteiger partial charge < -0.3 is 5.11 Å². The van der Waals surface area contributed by atoms with E-state index < -0.39 is 5.72 Å². The van der Waals surface area contributed by atoms with Gasteiger partial charge in [0, 0.05) is 28.6 Å². The molecule has 2 aromatic carbocycles. The molecule has 0 radical (unpaired) electrons. The molecule has 1 aliphatic heterocycles. The summed E-state index contributed by atoms with van der Waals surface area (Å²) >= 11 is 3.39. The number of halogens is 1. The highest BCUT2D eigenvalue weighted by Crippen LogP contribution is 2.36. The number of carbonyl (C=O) groups excluding carboxylic acids is 1. The molecule has 0 fully saturated rings. The van der Waals surface area contributed by atoms with Gasteiger partial charge in [0.15, 0.2) is 5.72 Å². The van der Waals surface area contributed by atoms with Crippen molar-refractivity contribution in [2.45, 2.75) is 31.9 Å². The minimum Gasteiger partial charge on any atom is -0.365 e. The SMILES string of the molecule is CC1=NN(C(=O)CCc2ccccc2)[C@](O)(c2ccc(Br)cc2)C1. The number of hydrazone groups is 1. The number of aryl methyl sites for hydroxylation is 1. The lowest BCUT2D eigenvalue weighted by molar-refractivity contribution is -0.157. The number of carbonyl (C=O) groups is 1. The van der Waals surface area contributed by atoms with Crippen LogP contribution in [0.25, 0.3) is 0 Å². The first-order valence-electron chi connectivity index (χ1n) is 7.88. The molecule has 1 N–H and O–H groups in total. The van der Waals surface area contributed by atoms with Gasteiger partial charge in [0.2, 0.25) is 5.91 Å². The van der Waals surface area contributed by atoms with E-state index in [1.165, 1.54) is 5.01 Å². The molecule has 1 amide bonds. The summed E-state index contributed by atoms with van der Waals surface area (Å²) in [7, 11) is 0. The number of amides is 1. The van der Waals surface area contributed by atoms with E-state index in [4.69, 9.17) is 0 Å². The maximum absolute atomic E-state index is 12.7. The fourth-order valence-electron chi connectivity index (χ4n) is 2.93. The van der Waals surface area contributed by atoms with Gasteiger partial charge in [-0.25, -0.2) is 0 Å². The number of hydrogen-bond donors (Lipinski definition) is 1. The summed E-state index contributed by atoms with van der Waals surface area (Å²) in [5, 5.41) is 16.7. The molecule has 4 nitrogen and oxygen atoms in total. The Balaban J connectivity index is 1.78. The van der Waals surface area contributed by atoms with Crippen molar-refractivity contribution in [1.29, 1.82) is 0 Å². The fraction of sp³-hybridized carbons (Fsp3) is 0.263. The normalized spacial score (nSPS) is 20.1. The van der Waals surface area contributed by atoms with Crippen molar-refractivity contribution in [2.75, 3.05) is 0 Å². The van der Waals surface area contributed by atoms with Crippen LogP contribution < -0.4 is 0 Å². The largest absolute Gasteiger partial charge is 0.365 e. The molecular formula is C19H19BrN2O2. The van der Waals surface area contributed by atoms with Crippen molar-refractivity contribution in [3.05, 3.63) is 70.2 Å². The van der Waals surface area contributed by atoms with Crippen LogP contribution in [0, 0.1) is 0 Å². The van der Waals surface area contributed by atoms with Gasteiger partial charge in [-0.05, 0) is 31.0 Å². The van der Waals surface area contributed by atoms with Crippen LogP contribution in [0.3, 0.4) is 0 Å². The minimum atomic E-state index is -1.40. The number of aliphatic hydroxyl groups is 1. The Bertz CT molecular complexity index is 759. The maximum atomic E-state index is 12.7. The summed E-state index contributed by atoms with van der Waals surface area (Å²) in [6.45, 7) is 1.83. The zero-order chi connectivity index (χ0) is 17.2. The van der Waals surface area contributed by atoms with Crippen molar-refractivity contribution < 1.29 is 9.90 Å². The minimum absolute atomic E-state index is 0.180. The first-order valence-corrected chi connectivity index (χ1v) is 8.68. The molecule has 1 heterocycles. The fourth-order valence-corrected chi connectivity index (χ4v) is 3.19. The van der Waals surface area contributed by atoms with Gasteiger partial charge in [-0.15, -0.1) is 0 Å². The molecule has 0 saturated carbocycles. The molecule has 0 unspecified atom stereocenters. The smallest absolute Gasteiger partial charge is 0.245 e. The van der Waals surface area contributed by atoms with Crippen LogP contribution in [0.15, 0.2) is 64.2 Å².